The molecular weight excluding hydrogens is 290 g/mol. The Bertz CT molecular complexity index is 575. The Balaban J connectivity index is 2.27. The van der Waals surface area contributed by atoms with E-state index in [1.807, 2.05) is 11.8 Å². The van der Waals surface area contributed by atoms with Gasteiger partial charge in [0, 0.05) is 42.3 Å². The van der Waals surface area contributed by atoms with E-state index in [0.29, 0.717) is 24.3 Å². The quantitative estimate of drug-likeness (QED) is 0.686. The van der Waals surface area contributed by atoms with Crippen LogP contribution in [0.5, 0.6) is 0 Å². The third-order valence-electron chi connectivity index (χ3n) is 3.42. The van der Waals surface area contributed by atoms with Gasteiger partial charge in [0.15, 0.2) is 0 Å². The highest BCUT2D eigenvalue weighted by Gasteiger charge is 2.30. The van der Waals surface area contributed by atoms with E-state index < -0.39 is 4.92 Å². The topological polar surface area (TPSA) is 75.5 Å². The van der Waals surface area contributed by atoms with Crippen molar-refractivity contribution in [3.8, 4) is 0 Å². The van der Waals surface area contributed by atoms with Gasteiger partial charge in [0.05, 0.1) is 4.92 Å². The number of nitro benzene ring substituents is 1. The minimum absolute atomic E-state index is 0.0186. The summed E-state index contributed by atoms with van der Waals surface area (Å²) in [4.78, 5) is 24.9. The van der Waals surface area contributed by atoms with E-state index in [1.165, 1.54) is 6.07 Å². The van der Waals surface area contributed by atoms with Gasteiger partial charge in [-0.2, -0.15) is 11.8 Å². The van der Waals surface area contributed by atoms with Crippen molar-refractivity contribution in [1.29, 1.82) is 0 Å². The van der Waals surface area contributed by atoms with Gasteiger partial charge in [0.25, 0.3) is 11.6 Å². The molecule has 7 heteroatoms. The number of carbonyl (C=O) groups excluding carboxylic acids is 1. The van der Waals surface area contributed by atoms with Crippen LogP contribution in [0.1, 0.15) is 24.2 Å². The number of nitrogens with zero attached hydrogens (tertiary/aromatic N) is 2. The minimum atomic E-state index is -0.474. The van der Waals surface area contributed by atoms with Crippen LogP contribution in [0.3, 0.4) is 0 Å². The van der Waals surface area contributed by atoms with E-state index in [4.69, 9.17) is 0 Å². The molecule has 0 bridgehead atoms. The molecule has 0 atom stereocenters. The van der Waals surface area contributed by atoms with Gasteiger partial charge < -0.3 is 10.2 Å². The van der Waals surface area contributed by atoms with Crippen molar-refractivity contribution >= 4 is 29.0 Å². The molecule has 1 aliphatic rings. The Hall–Kier alpha value is -1.76. The van der Waals surface area contributed by atoms with Crippen LogP contribution in [-0.4, -0.2) is 46.4 Å². The highest BCUT2D eigenvalue weighted by Crippen LogP contribution is 2.31. The average Bonchev–Trinajstić information content (AvgIpc) is 2.44. The summed E-state index contributed by atoms with van der Waals surface area (Å²) in [6.45, 7) is 5.53. The first-order valence-corrected chi connectivity index (χ1v) is 7.72. The van der Waals surface area contributed by atoms with E-state index in [-0.39, 0.29) is 16.3 Å². The summed E-state index contributed by atoms with van der Waals surface area (Å²) in [5.74, 6) is 0.740. The summed E-state index contributed by atoms with van der Waals surface area (Å²) in [5, 5.41) is 13.8. The maximum Gasteiger partial charge on any atom is 0.293 e. The molecule has 1 fully saturated rings. The van der Waals surface area contributed by atoms with Gasteiger partial charge in [-0.05, 0) is 26.0 Å². The Labute approximate surface area is 128 Å². The van der Waals surface area contributed by atoms with Crippen molar-refractivity contribution in [3.63, 3.8) is 0 Å². The Morgan fingerprint density at radius 2 is 2.19 bits per heavy atom. The number of hydrogen-bond acceptors (Lipinski definition) is 5. The van der Waals surface area contributed by atoms with Crippen LogP contribution in [0.2, 0.25) is 0 Å². The molecule has 1 aromatic rings. The monoisotopic (exact) mass is 309 g/mol. The molecule has 0 aliphatic carbocycles. The average molecular weight is 309 g/mol. The third-order valence-corrected chi connectivity index (χ3v) is 4.72. The van der Waals surface area contributed by atoms with Gasteiger partial charge >= 0.3 is 0 Å². The number of amides is 1. The maximum absolute atomic E-state index is 12.5. The van der Waals surface area contributed by atoms with E-state index in [0.717, 1.165) is 5.75 Å². The maximum atomic E-state index is 12.5. The number of rotatable bonds is 3. The smallest absolute Gasteiger partial charge is 0.293 e. The predicted molar refractivity (Wildman–Crippen MR) is 85.1 cm³/mol. The molecule has 114 valence electrons. The van der Waals surface area contributed by atoms with Crippen LogP contribution in [0.15, 0.2) is 18.2 Å². The van der Waals surface area contributed by atoms with Gasteiger partial charge in [0.1, 0.15) is 5.69 Å². The second-order valence-electron chi connectivity index (χ2n) is 5.57. The Morgan fingerprint density at radius 1 is 1.48 bits per heavy atom. The molecule has 6 nitrogen and oxygen atoms in total. The lowest BCUT2D eigenvalue weighted by molar-refractivity contribution is -0.384. The molecule has 1 heterocycles. The number of carbonyl (C=O) groups is 1. The normalized spacial score (nSPS) is 17.4. The standard InChI is InChI=1S/C14H19N3O3S/c1-14(2)9-16(6-7-21-14)13(18)10-4-5-11(15-3)12(8-10)17(19)20/h4-5,8,15H,6-7,9H2,1-3H3. The Kier molecular flexibility index (Phi) is 4.41. The minimum Gasteiger partial charge on any atom is -0.383 e. The lowest BCUT2D eigenvalue weighted by Gasteiger charge is -2.37. The molecule has 0 unspecified atom stereocenters. The fourth-order valence-corrected chi connectivity index (χ4v) is 3.51. The fraction of sp³-hybridized carbons (Fsp3) is 0.500. The van der Waals surface area contributed by atoms with Crippen molar-refractivity contribution in [1.82, 2.24) is 4.90 Å². The summed E-state index contributed by atoms with van der Waals surface area (Å²) in [5.41, 5.74) is 0.698. The lowest BCUT2D eigenvalue weighted by atomic mass is 10.1. The molecule has 0 aromatic heterocycles. The van der Waals surface area contributed by atoms with E-state index in [2.05, 4.69) is 19.2 Å². The van der Waals surface area contributed by atoms with Gasteiger partial charge in [-0.25, -0.2) is 0 Å². The molecule has 1 saturated heterocycles. The van der Waals surface area contributed by atoms with E-state index in [1.54, 1.807) is 24.1 Å². The number of anilines is 1. The molecule has 0 spiro atoms. The van der Waals surface area contributed by atoms with Crippen LogP contribution in [0.25, 0.3) is 0 Å². The lowest BCUT2D eigenvalue weighted by Crippen LogP contribution is -2.46. The van der Waals surface area contributed by atoms with Crippen LogP contribution in [-0.2, 0) is 0 Å². The second kappa shape index (κ2) is 5.93. The first-order chi connectivity index (χ1) is 9.84. The number of hydrogen-bond donors (Lipinski definition) is 1. The Morgan fingerprint density at radius 3 is 2.76 bits per heavy atom. The predicted octanol–water partition coefficient (Wildman–Crippen LogP) is 2.60. The molecular formula is C14H19N3O3S. The van der Waals surface area contributed by atoms with Gasteiger partial charge in [-0.3, -0.25) is 14.9 Å². The van der Waals surface area contributed by atoms with Crippen LogP contribution >= 0.6 is 11.8 Å². The third kappa shape index (κ3) is 3.47. The highest BCUT2D eigenvalue weighted by molar-refractivity contribution is 8.00. The van der Waals surface area contributed by atoms with Crippen molar-refractivity contribution in [2.24, 2.45) is 0 Å². The fourth-order valence-electron chi connectivity index (χ4n) is 2.40. The molecule has 1 N–H and O–H groups in total. The number of nitro groups is 1. The molecule has 2 rings (SSSR count). The number of nitrogens with one attached hydrogen (secondary N) is 1. The molecule has 0 radical (unpaired) electrons. The molecule has 0 saturated carbocycles. The first kappa shape index (κ1) is 15.6. The zero-order valence-corrected chi connectivity index (χ0v) is 13.2. The van der Waals surface area contributed by atoms with Crippen molar-refractivity contribution < 1.29 is 9.72 Å². The number of benzene rings is 1. The zero-order chi connectivity index (χ0) is 15.6. The zero-order valence-electron chi connectivity index (χ0n) is 12.4. The molecule has 1 aliphatic heterocycles. The molecule has 21 heavy (non-hydrogen) atoms. The van der Waals surface area contributed by atoms with Crippen molar-refractivity contribution in [2.45, 2.75) is 18.6 Å². The van der Waals surface area contributed by atoms with Crippen LogP contribution in [0, 0.1) is 10.1 Å². The summed E-state index contributed by atoms with van der Waals surface area (Å²) in [6, 6.07) is 4.56. The van der Waals surface area contributed by atoms with Crippen LogP contribution in [0.4, 0.5) is 11.4 Å². The van der Waals surface area contributed by atoms with Gasteiger partial charge in [-0.1, -0.05) is 0 Å². The second-order valence-corrected chi connectivity index (χ2v) is 7.38. The van der Waals surface area contributed by atoms with Gasteiger partial charge in [0.2, 0.25) is 0 Å². The van der Waals surface area contributed by atoms with E-state index >= 15 is 0 Å². The summed E-state index contributed by atoms with van der Waals surface area (Å²) < 4.78 is 0.0186. The van der Waals surface area contributed by atoms with Gasteiger partial charge in [-0.15, -0.1) is 0 Å². The van der Waals surface area contributed by atoms with Crippen molar-refractivity contribution in [3.05, 3.63) is 33.9 Å². The summed E-state index contributed by atoms with van der Waals surface area (Å²) in [7, 11) is 1.62. The summed E-state index contributed by atoms with van der Waals surface area (Å²) in [6.07, 6.45) is 0. The van der Waals surface area contributed by atoms with Crippen molar-refractivity contribution in [2.75, 3.05) is 31.2 Å². The largest absolute Gasteiger partial charge is 0.383 e. The van der Waals surface area contributed by atoms with Crippen LogP contribution < -0.4 is 5.32 Å². The first-order valence-electron chi connectivity index (χ1n) is 6.73. The van der Waals surface area contributed by atoms with E-state index in [9.17, 15) is 14.9 Å². The highest BCUT2D eigenvalue weighted by atomic mass is 32.2. The molecule has 1 amide bonds. The molecule has 1 aromatic carbocycles. The number of thioether (sulfide) groups is 1. The SMILES string of the molecule is CNc1ccc(C(=O)N2CCSC(C)(C)C2)cc1[N+](=O)[O-]. The summed E-state index contributed by atoms with van der Waals surface area (Å²) >= 11 is 1.84.